The van der Waals surface area contributed by atoms with E-state index in [-0.39, 0.29) is 17.4 Å². The summed E-state index contributed by atoms with van der Waals surface area (Å²) in [6, 6.07) is 28.5. The van der Waals surface area contributed by atoms with Gasteiger partial charge < -0.3 is 15.1 Å². The molecule has 0 unspecified atom stereocenters. The second-order valence-electron chi connectivity index (χ2n) is 12.9. The van der Waals surface area contributed by atoms with Gasteiger partial charge in [-0.25, -0.2) is 9.97 Å². The van der Waals surface area contributed by atoms with Crippen LogP contribution in [0.5, 0.6) is 0 Å². The number of nitrogens with one attached hydrogen (secondary N) is 1. The highest BCUT2D eigenvalue weighted by atomic mass is 16.2. The third-order valence-corrected chi connectivity index (χ3v) is 9.90. The molecule has 0 aliphatic carbocycles. The minimum atomic E-state index is -0.106. The van der Waals surface area contributed by atoms with Crippen LogP contribution >= 0.6 is 0 Å². The summed E-state index contributed by atoms with van der Waals surface area (Å²) >= 11 is 0. The summed E-state index contributed by atoms with van der Waals surface area (Å²) < 4.78 is 0. The van der Waals surface area contributed by atoms with Gasteiger partial charge in [0.2, 0.25) is 0 Å². The van der Waals surface area contributed by atoms with Crippen LogP contribution in [-0.4, -0.2) is 69.3 Å². The van der Waals surface area contributed by atoms with Crippen molar-refractivity contribution in [3.8, 4) is 0 Å². The zero-order chi connectivity index (χ0) is 32.1. The first kappa shape index (κ1) is 31.4. The van der Waals surface area contributed by atoms with Gasteiger partial charge in [-0.15, -0.1) is 0 Å². The number of nitrogens with zero attached hydrogens (tertiary/aromatic N) is 5. The van der Waals surface area contributed by atoms with E-state index in [1.54, 1.807) is 0 Å². The highest BCUT2D eigenvalue weighted by Crippen LogP contribution is 2.34. The zero-order valence-corrected chi connectivity index (χ0v) is 27.2. The molecule has 1 aromatic heterocycles. The van der Waals surface area contributed by atoms with Gasteiger partial charge in [-0.1, -0.05) is 54.6 Å². The average molecular weight is 617 g/mol. The Morgan fingerprint density at radius 3 is 2.13 bits per heavy atom. The molecule has 3 heterocycles. The van der Waals surface area contributed by atoms with Crippen LogP contribution in [0.2, 0.25) is 0 Å². The summed E-state index contributed by atoms with van der Waals surface area (Å²) in [6.07, 6.45) is 5.48. The Labute approximate surface area is 272 Å². The molecule has 2 aliphatic heterocycles. The van der Waals surface area contributed by atoms with E-state index in [2.05, 4.69) is 68.4 Å². The molecule has 1 N–H and O–H groups in total. The first-order valence-electron chi connectivity index (χ1n) is 16.4. The smallest absolute Gasteiger partial charge is 0.257 e. The van der Waals surface area contributed by atoms with Crippen molar-refractivity contribution in [2.45, 2.75) is 64.6 Å². The Morgan fingerprint density at radius 1 is 0.848 bits per heavy atom. The van der Waals surface area contributed by atoms with E-state index in [9.17, 15) is 9.59 Å². The monoisotopic (exact) mass is 616 g/mol. The predicted octanol–water partition coefficient (Wildman–Crippen LogP) is 6.51. The summed E-state index contributed by atoms with van der Waals surface area (Å²) in [5, 5.41) is 3.03. The SMILES string of the molecule is Cc1ncnc(C)c1C(=O)N1CCC(C)(N2CCC(N(Cc3ccccc3)c3cccc(C(=O)Nc4ccccc4)c3)CC2)CC1. The van der Waals surface area contributed by atoms with Crippen molar-refractivity contribution < 1.29 is 9.59 Å². The lowest BCUT2D eigenvalue weighted by molar-refractivity contribution is 0.0170. The van der Waals surface area contributed by atoms with Crippen molar-refractivity contribution in [2.75, 3.05) is 36.4 Å². The molecule has 2 amide bonds. The number of aryl methyl sites for hydroxylation is 2. The van der Waals surface area contributed by atoms with Gasteiger partial charge >= 0.3 is 0 Å². The predicted molar refractivity (Wildman–Crippen MR) is 183 cm³/mol. The fraction of sp³-hybridized carbons (Fsp3) is 0.368. The van der Waals surface area contributed by atoms with Gasteiger partial charge in [0.15, 0.2) is 0 Å². The number of amides is 2. The van der Waals surface area contributed by atoms with Gasteiger partial charge in [0.1, 0.15) is 6.33 Å². The molecule has 0 saturated carbocycles. The van der Waals surface area contributed by atoms with Gasteiger partial charge in [0.25, 0.3) is 11.8 Å². The van der Waals surface area contributed by atoms with Crippen LogP contribution in [0.3, 0.4) is 0 Å². The molecule has 2 fully saturated rings. The highest BCUT2D eigenvalue weighted by molar-refractivity contribution is 6.04. The molecule has 3 aromatic carbocycles. The van der Waals surface area contributed by atoms with Crippen LogP contribution in [0.15, 0.2) is 91.3 Å². The lowest BCUT2D eigenvalue weighted by Crippen LogP contribution is -2.58. The van der Waals surface area contributed by atoms with Crippen molar-refractivity contribution in [2.24, 2.45) is 0 Å². The number of piperidine rings is 2. The van der Waals surface area contributed by atoms with Crippen molar-refractivity contribution in [1.82, 2.24) is 19.8 Å². The summed E-state index contributed by atoms with van der Waals surface area (Å²) in [6.45, 7) is 10.4. The first-order valence-corrected chi connectivity index (χ1v) is 16.4. The minimum absolute atomic E-state index is 0.0487. The first-order chi connectivity index (χ1) is 22.3. The molecule has 46 heavy (non-hydrogen) atoms. The molecule has 8 heteroatoms. The Morgan fingerprint density at radius 2 is 1.48 bits per heavy atom. The molecule has 0 radical (unpaired) electrons. The largest absolute Gasteiger partial charge is 0.364 e. The molecule has 2 aliphatic rings. The van der Waals surface area contributed by atoms with Crippen molar-refractivity contribution in [3.63, 3.8) is 0 Å². The minimum Gasteiger partial charge on any atom is -0.364 e. The third-order valence-electron chi connectivity index (χ3n) is 9.90. The molecule has 8 nitrogen and oxygen atoms in total. The number of anilines is 2. The molecule has 238 valence electrons. The van der Waals surface area contributed by atoms with Gasteiger partial charge in [0.05, 0.1) is 17.0 Å². The van der Waals surface area contributed by atoms with Crippen LogP contribution in [0.1, 0.15) is 70.3 Å². The standard InChI is InChI=1S/C38H44N6O2/c1-28-35(29(2)40-27-39-28)37(46)42-23-19-38(3,20-24-42)43-21-17-33(18-22-43)44(26-30-11-6-4-7-12-30)34-16-10-13-31(25-34)36(45)41-32-14-8-5-9-15-32/h4-16,25,27,33H,17-24,26H2,1-3H3,(H,41,45). The molecule has 0 bridgehead atoms. The molecule has 6 rings (SSSR count). The Hall–Kier alpha value is -4.56. The quantitative estimate of drug-likeness (QED) is 0.243. The number of benzene rings is 3. The lowest BCUT2D eigenvalue weighted by atomic mass is 9.85. The van der Waals surface area contributed by atoms with E-state index in [0.717, 1.165) is 81.2 Å². The molecule has 0 atom stereocenters. The third kappa shape index (κ3) is 6.97. The number of rotatable bonds is 8. The van der Waals surface area contributed by atoms with Gasteiger partial charge in [-0.2, -0.15) is 0 Å². The molecule has 0 spiro atoms. The van der Waals surface area contributed by atoms with E-state index in [1.165, 1.54) is 11.9 Å². The van der Waals surface area contributed by atoms with E-state index in [4.69, 9.17) is 0 Å². The second-order valence-corrected chi connectivity index (χ2v) is 12.9. The number of aromatic nitrogens is 2. The second kappa shape index (κ2) is 13.8. The van der Waals surface area contributed by atoms with Crippen LogP contribution < -0.4 is 10.2 Å². The van der Waals surface area contributed by atoms with E-state index in [0.29, 0.717) is 17.2 Å². The lowest BCUT2D eigenvalue weighted by Gasteiger charge is -2.50. The van der Waals surface area contributed by atoms with E-state index >= 15 is 0 Å². The summed E-state index contributed by atoms with van der Waals surface area (Å²) in [7, 11) is 0. The molecule has 2 saturated heterocycles. The van der Waals surface area contributed by atoms with E-state index < -0.39 is 0 Å². The maximum absolute atomic E-state index is 13.4. The van der Waals surface area contributed by atoms with E-state index in [1.807, 2.05) is 67.3 Å². The summed E-state index contributed by atoms with van der Waals surface area (Å²) in [5.41, 5.74) is 5.95. The molecule has 4 aromatic rings. The molecular formula is C38H44N6O2. The van der Waals surface area contributed by atoms with Crippen LogP contribution in [0, 0.1) is 13.8 Å². The highest BCUT2D eigenvalue weighted by Gasteiger charge is 2.40. The van der Waals surface area contributed by atoms with Crippen LogP contribution in [-0.2, 0) is 6.54 Å². The Balaban J connectivity index is 1.13. The van der Waals surface area contributed by atoms with Crippen LogP contribution in [0.25, 0.3) is 0 Å². The van der Waals surface area contributed by atoms with Gasteiger partial charge in [-0.3, -0.25) is 14.5 Å². The average Bonchev–Trinajstić information content (AvgIpc) is 3.08. The van der Waals surface area contributed by atoms with Gasteiger partial charge in [0, 0.05) is 61.2 Å². The summed E-state index contributed by atoms with van der Waals surface area (Å²) in [4.78, 5) is 42.2. The summed E-state index contributed by atoms with van der Waals surface area (Å²) in [5.74, 6) is -0.0574. The number of carbonyl (C=O) groups excluding carboxylic acids is 2. The Bertz CT molecular complexity index is 1620. The fourth-order valence-corrected chi connectivity index (χ4v) is 7.05. The van der Waals surface area contributed by atoms with Crippen molar-refractivity contribution in [3.05, 3.63) is 119 Å². The maximum Gasteiger partial charge on any atom is 0.257 e. The number of hydrogen-bond acceptors (Lipinski definition) is 6. The molecular weight excluding hydrogens is 572 g/mol. The van der Waals surface area contributed by atoms with Crippen molar-refractivity contribution >= 4 is 23.2 Å². The van der Waals surface area contributed by atoms with Gasteiger partial charge in [-0.05, 0) is 82.3 Å². The number of likely N-dealkylation sites (tertiary alicyclic amines) is 2. The zero-order valence-electron chi connectivity index (χ0n) is 27.2. The maximum atomic E-state index is 13.4. The Kier molecular flexibility index (Phi) is 9.45. The normalized spacial score (nSPS) is 17.0. The number of para-hydroxylation sites is 1. The number of hydrogen-bond donors (Lipinski definition) is 1. The topological polar surface area (TPSA) is 81.7 Å². The number of carbonyl (C=O) groups is 2. The van der Waals surface area contributed by atoms with Crippen LogP contribution in [0.4, 0.5) is 11.4 Å². The fourth-order valence-electron chi connectivity index (χ4n) is 7.05. The van der Waals surface area contributed by atoms with Crippen molar-refractivity contribution in [1.29, 1.82) is 0 Å².